The fourth-order valence-corrected chi connectivity index (χ4v) is 3.88. The summed E-state index contributed by atoms with van der Waals surface area (Å²) < 4.78 is 13.4. The van der Waals surface area contributed by atoms with Crippen LogP contribution in [0, 0.1) is 5.82 Å². The van der Waals surface area contributed by atoms with Gasteiger partial charge in [0.15, 0.2) is 0 Å². The Morgan fingerprint density at radius 1 is 1.37 bits per heavy atom. The molecule has 1 amide bonds. The first-order valence-electron chi connectivity index (χ1n) is 6.00. The van der Waals surface area contributed by atoms with Gasteiger partial charge in [0.25, 0.3) is 5.91 Å². The molecule has 1 aromatic carbocycles. The summed E-state index contributed by atoms with van der Waals surface area (Å²) in [6.45, 7) is 0. The lowest BCUT2D eigenvalue weighted by molar-refractivity contribution is 0.0939. The fraction of sp³-hybridized carbons (Fsp3) is 0.214. The van der Waals surface area contributed by atoms with Crippen LogP contribution in [0.4, 0.5) is 4.39 Å². The predicted molar refractivity (Wildman–Crippen MR) is 76.3 cm³/mol. The number of fused-ring (bicyclic) bond motifs is 1. The molecule has 0 fully saturated rings. The summed E-state index contributed by atoms with van der Waals surface area (Å²) in [5.74, 6) is 0.604. The summed E-state index contributed by atoms with van der Waals surface area (Å²) in [6.07, 6.45) is 0.832. The predicted octanol–water partition coefficient (Wildman–Crippen LogP) is 3.85. The van der Waals surface area contributed by atoms with Gasteiger partial charge in [0, 0.05) is 10.6 Å². The van der Waals surface area contributed by atoms with Crippen LogP contribution < -0.4 is 5.32 Å². The molecule has 2 nitrogen and oxygen atoms in total. The molecule has 1 N–H and O–H groups in total. The van der Waals surface area contributed by atoms with Crippen molar-refractivity contribution in [3.8, 4) is 0 Å². The van der Waals surface area contributed by atoms with Crippen molar-refractivity contribution in [2.45, 2.75) is 17.4 Å². The van der Waals surface area contributed by atoms with Crippen LogP contribution in [-0.2, 0) is 0 Å². The minimum Gasteiger partial charge on any atom is -0.344 e. The lowest BCUT2D eigenvalue weighted by Crippen LogP contribution is -2.30. The summed E-state index contributed by atoms with van der Waals surface area (Å²) in [4.78, 5) is 13.8. The van der Waals surface area contributed by atoms with Crippen molar-refractivity contribution < 1.29 is 9.18 Å². The Balaban J connectivity index is 1.84. The summed E-state index contributed by atoms with van der Waals surface area (Å²) in [5.41, 5.74) is 0.890. The number of carbonyl (C=O) groups is 1. The second-order valence-corrected chi connectivity index (χ2v) is 6.41. The largest absolute Gasteiger partial charge is 0.344 e. The molecule has 1 aliphatic rings. The van der Waals surface area contributed by atoms with Gasteiger partial charge < -0.3 is 5.32 Å². The zero-order valence-corrected chi connectivity index (χ0v) is 11.7. The number of nitrogens with one attached hydrogen (secondary N) is 1. The zero-order chi connectivity index (χ0) is 13.2. The van der Waals surface area contributed by atoms with Gasteiger partial charge >= 0.3 is 0 Å². The lowest BCUT2D eigenvalue weighted by Gasteiger charge is -2.25. The van der Waals surface area contributed by atoms with Crippen molar-refractivity contribution in [2.24, 2.45) is 0 Å². The molecule has 0 saturated carbocycles. The van der Waals surface area contributed by atoms with Crippen LogP contribution in [0.5, 0.6) is 0 Å². The molecule has 0 spiro atoms. The minimum atomic E-state index is -0.253. The normalized spacial score (nSPS) is 17.8. The molecular formula is C14H12FNOS2. The molecule has 5 heteroatoms. The Bertz CT molecular complexity index is 597. The number of rotatable bonds is 2. The zero-order valence-electron chi connectivity index (χ0n) is 10.1. The van der Waals surface area contributed by atoms with Crippen LogP contribution in [0.3, 0.4) is 0 Å². The van der Waals surface area contributed by atoms with E-state index in [2.05, 4.69) is 5.32 Å². The number of thiophene rings is 1. The monoisotopic (exact) mass is 293 g/mol. The molecule has 0 unspecified atom stereocenters. The molecule has 0 radical (unpaired) electrons. The third-order valence-electron chi connectivity index (χ3n) is 3.06. The summed E-state index contributed by atoms with van der Waals surface area (Å²) in [5, 5.41) is 4.87. The Kier molecular flexibility index (Phi) is 3.57. The molecule has 19 heavy (non-hydrogen) atoms. The highest BCUT2D eigenvalue weighted by Crippen LogP contribution is 2.36. The van der Waals surface area contributed by atoms with Gasteiger partial charge in [-0.05, 0) is 41.6 Å². The maximum absolute atomic E-state index is 13.4. The van der Waals surface area contributed by atoms with Crippen molar-refractivity contribution in [2.75, 3.05) is 5.75 Å². The number of benzene rings is 1. The van der Waals surface area contributed by atoms with E-state index < -0.39 is 0 Å². The Labute approximate surface area is 119 Å². The average Bonchev–Trinajstić information content (AvgIpc) is 2.93. The molecule has 98 valence electrons. The summed E-state index contributed by atoms with van der Waals surface area (Å²) in [7, 11) is 0. The number of halogens is 1. The molecule has 2 aromatic rings. The maximum Gasteiger partial charge on any atom is 0.261 e. The van der Waals surface area contributed by atoms with Crippen LogP contribution >= 0.6 is 23.1 Å². The van der Waals surface area contributed by atoms with E-state index in [1.54, 1.807) is 23.9 Å². The molecule has 1 aromatic heterocycles. The molecule has 0 saturated heterocycles. The van der Waals surface area contributed by atoms with Crippen molar-refractivity contribution >= 4 is 29.0 Å². The van der Waals surface area contributed by atoms with E-state index in [0.717, 1.165) is 22.6 Å². The van der Waals surface area contributed by atoms with E-state index >= 15 is 0 Å². The van der Waals surface area contributed by atoms with Crippen molar-refractivity contribution in [3.63, 3.8) is 0 Å². The molecule has 0 aliphatic carbocycles. The highest BCUT2D eigenvalue weighted by molar-refractivity contribution is 7.99. The van der Waals surface area contributed by atoms with Crippen LogP contribution in [-0.4, -0.2) is 11.7 Å². The number of hydrogen-bond acceptors (Lipinski definition) is 3. The van der Waals surface area contributed by atoms with Gasteiger partial charge in [-0.1, -0.05) is 6.07 Å². The number of carbonyl (C=O) groups excluding carboxylic acids is 1. The van der Waals surface area contributed by atoms with Crippen LogP contribution in [0.2, 0.25) is 0 Å². The summed E-state index contributed by atoms with van der Waals surface area (Å²) in [6, 6.07) is 8.34. The lowest BCUT2D eigenvalue weighted by atomic mass is 10.0. The van der Waals surface area contributed by atoms with Gasteiger partial charge in [-0.25, -0.2) is 4.39 Å². The quantitative estimate of drug-likeness (QED) is 0.911. The van der Waals surface area contributed by atoms with E-state index in [1.807, 2.05) is 11.4 Å². The second kappa shape index (κ2) is 5.35. The van der Waals surface area contributed by atoms with E-state index in [0.29, 0.717) is 4.88 Å². The van der Waals surface area contributed by atoms with Crippen LogP contribution in [0.15, 0.2) is 40.6 Å². The Hall–Kier alpha value is -1.33. The van der Waals surface area contributed by atoms with Gasteiger partial charge in [-0.15, -0.1) is 23.1 Å². The highest BCUT2D eigenvalue weighted by atomic mass is 32.2. The van der Waals surface area contributed by atoms with Gasteiger partial charge in [-0.3, -0.25) is 4.79 Å². The number of hydrogen-bond donors (Lipinski definition) is 1. The number of amides is 1. The number of thioether (sulfide) groups is 1. The Morgan fingerprint density at radius 2 is 2.26 bits per heavy atom. The van der Waals surface area contributed by atoms with Gasteiger partial charge in [0.2, 0.25) is 0 Å². The fourth-order valence-electron chi connectivity index (χ4n) is 2.15. The SMILES string of the molecule is O=C(N[C@@H]1CCSc2ccc(F)cc21)c1cccs1. The standard InChI is InChI=1S/C14H12FNOS2/c15-9-3-4-12-10(8-9)11(5-7-19-12)16-14(17)13-2-1-6-18-13/h1-4,6,8,11H,5,7H2,(H,16,17)/t11-/m1/s1. The molecule has 1 aliphatic heterocycles. The smallest absolute Gasteiger partial charge is 0.261 e. The maximum atomic E-state index is 13.4. The molecular weight excluding hydrogens is 281 g/mol. The van der Waals surface area contributed by atoms with Crippen LogP contribution in [0.25, 0.3) is 0 Å². The van der Waals surface area contributed by atoms with Crippen molar-refractivity contribution in [1.29, 1.82) is 0 Å². The van der Waals surface area contributed by atoms with Gasteiger partial charge in [-0.2, -0.15) is 0 Å². The van der Waals surface area contributed by atoms with Crippen molar-refractivity contribution in [1.82, 2.24) is 5.32 Å². The van der Waals surface area contributed by atoms with E-state index in [9.17, 15) is 9.18 Å². The van der Waals surface area contributed by atoms with Gasteiger partial charge in [0.05, 0.1) is 10.9 Å². The average molecular weight is 293 g/mol. The van der Waals surface area contributed by atoms with E-state index in [1.165, 1.54) is 23.5 Å². The second-order valence-electron chi connectivity index (χ2n) is 4.32. The molecule has 2 heterocycles. The first-order valence-corrected chi connectivity index (χ1v) is 7.87. The van der Waals surface area contributed by atoms with Crippen LogP contribution in [0.1, 0.15) is 27.7 Å². The minimum absolute atomic E-state index is 0.0814. The first kappa shape index (κ1) is 12.7. The molecule has 0 bridgehead atoms. The van der Waals surface area contributed by atoms with E-state index in [4.69, 9.17) is 0 Å². The molecule has 3 rings (SSSR count). The van der Waals surface area contributed by atoms with E-state index in [-0.39, 0.29) is 17.8 Å². The van der Waals surface area contributed by atoms with Gasteiger partial charge in [0.1, 0.15) is 5.82 Å². The summed E-state index contributed by atoms with van der Waals surface area (Å²) >= 11 is 3.12. The van der Waals surface area contributed by atoms with Crippen molar-refractivity contribution in [3.05, 3.63) is 52.0 Å². The molecule has 1 atom stereocenters. The third-order valence-corrected chi connectivity index (χ3v) is 5.05. The first-order chi connectivity index (χ1) is 9.24. The third kappa shape index (κ3) is 2.67. The highest BCUT2D eigenvalue weighted by Gasteiger charge is 2.23. The topological polar surface area (TPSA) is 29.1 Å². The Morgan fingerprint density at radius 3 is 3.05 bits per heavy atom.